The molecule has 0 amide bonds. The molecule has 0 radical (unpaired) electrons. The topological polar surface area (TPSA) is 32.6 Å². The van der Waals surface area contributed by atoms with E-state index in [0.717, 1.165) is 12.1 Å². The fraction of sp³-hybridized carbons (Fsp3) is 0.417. The van der Waals surface area contributed by atoms with Crippen molar-refractivity contribution >= 4 is 0 Å². The highest BCUT2D eigenvalue weighted by Gasteiger charge is 2.38. The van der Waals surface area contributed by atoms with Crippen LogP contribution >= 0.6 is 0 Å². The molecule has 0 saturated heterocycles. The van der Waals surface area contributed by atoms with Gasteiger partial charge in [0.2, 0.25) is 5.69 Å². The molecule has 0 fully saturated rings. The number of rotatable bonds is 0. The molecule has 0 bridgehead atoms. The van der Waals surface area contributed by atoms with Crippen LogP contribution in [0.3, 0.4) is 0 Å². The monoisotopic (exact) mass is 360 g/mol. The van der Waals surface area contributed by atoms with Gasteiger partial charge < -0.3 is 0 Å². The van der Waals surface area contributed by atoms with Gasteiger partial charge in [-0.05, 0) is 55.7 Å². The minimum absolute atomic E-state index is 0.0781. The van der Waals surface area contributed by atoms with E-state index in [0.29, 0.717) is 5.92 Å². The summed E-state index contributed by atoms with van der Waals surface area (Å²) in [6, 6.07) is 17.6. The number of H-pyrrole nitrogens is 1. The largest absolute Gasteiger partial charge is 0.256 e. The maximum Gasteiger partial charge on any atom is 0.256 e. The molecule has 140 valence electrons. The van der Waals surface area contributed by atoms with Crippen LogP contribution < -0.4 is 4.68 Å². The molecular weight excluding hydrogens is 330 g/mol. The lowest BCUT2D eigenvalue weighted by Gasteiger charge is -2.34. The van der Waals surface area contributed by atoms with Crippen molar-refractivity contribution in [1.29, 1.82) is 0 Å². The van der Waals surface area contributed by atoms with Crippen LogP contribution in [0.2, 0.25) is 0 Å². The zero-order chi connectivity index (χ0) is 19.4. The number of aromatic nitrogens is 3. The predicted molar refractivity (Wildman–Crippen MR) is 111 cm³/mol. The molecule has 1 aliphatic carbocycles. The molecule has 1 unspecified atom stereocenters. The summed E-state index contributed by atoms with van der Waals surface area (Å²) in [5.41, 5.74) is 7.67. The van der Waals surface area contributed by atoms with E-state index in [9.17, 15) is 0 Å². The normalized spacial score (nSPS) is 16.7. The van der Waals surface area contributed by atoms with Gasteiger partial charge in [-0.2, -0.15) is 0 Å². The molecule has 4 rings (SSSR count). The van der Waals surface area contributed by atoms with Crippen molar-refractivity contribution in [2.24, 2.45) is 5.41 Å². The van der Waals surface area contributed by atoms with Gasteiger partial charge in [0.05, 0.1) is 0 Å². The van der Waals surface area contributed by atoms with Gasteiger partial charge in [-0.3, -0.25) is 0 Å². The molecule has 2 aromatic carbocycles. The van der Waals surface area contributed by atoms with Gasteiger partial charge in [-0.15, -0.1) is 4.68 Å². The van der Waals surface area contributed by atoms with E-state index in [1.807, 2.05) is 0 Å². The summed E-state index contributed by atoms with van der Waals surface area (Å²) in [6.07, 6.45) is 1.03. The lowest BCUT2D eigenvalue weighted by Crippen LogP contribution is -2.53. The van der Waals surface area contributed by atoms with Crippen LogP contribution in [0.1, 0.15) is 58.6 Å². The maximum atomic E-state index is 4.82. The molecule has 3 nitrogen and oxygen atoms in total. The second kappa shape index (κ2) is 6.05. The summed E-state index contributed by atoms with van der Waals surface area (Å²) in [5, 5.41) is 8.13. The highest BCUT2D eigenvalue weighted by molar-refractivity contribution is 5.80. The van der Waals surface area contributed by atoms with Crippen molar-refractivity contribution in [3.63, 3.8) is 0 Å². The van der Waals surface area contributed by atoms with Gasteiger partial charge in [0.15, 0.2) is 0 Å². The third kappa shape index (κ3) is 2.99. The highest BCUT2D eigenvalue weighted by Crippen LogP contribution is 2.46. The fourth-order valence-electron chi connectivity index (χ4n) is 4.28. The zero-order valence-corrected chi connectivity index (χ0v) is 17.3. The third-order valence-electron chi connectivity index (χ3n) is 5.71. The molecule has 27 heavy (non-hydrogen) atoms. The summed E-state index contributed by atoms with van der Waals surface area (Å²) < 4.78 is 2.22. The summed E-state index contributed by atoms with van der Waals surface area (Å²) in [6.45, 7) is 13.7. The molecule has 1 heterocycles. The van der Waals surface area contributed by atoms with Gasteiger partial charge in [-0.25, -0.2) is 0 Å². The van der Waals surface area contributed by atoms with E-state index in [1.165, 1.54) is 27.9 Å². The van der Waals surface area contributed by atoms with Crippen LogP contribution in [0, 0.1) is 5.41 Å². The Morgan fingerprint density at radius 1 is 0.889 bits per heavy atom. The van der Waals surface area contributed by atoms with Crippen LogP contribution in [0.4, 0.5) is 0 Å². The van der Waals surface area contributed by atoms with Crippen LogP contribution in [0.25, 0.3) is 22.5 Å². The number of fused-ring (bicyclic) bond motifs is 5. The molecule has 0 spiro atoms. The quantitative estimate of drug-likeness (QED) is 0.530. The molecule has 0 saturated carbocycles. The fourth-order valence-corrected chi connectivity index (χ4v) is 4.28. The van der Waals surface area contributed by atoms with Crippen molar-refractivity contribution in [3.8, 4) is 22.5 Å². The summed E-state index contributed by atoms with van der Waals surface area (Å²) in [5.74, 6) is 0.433. The molecule has 1 aliphatic rings. The van der Waals surface area contributed by atoms with Gasteiger partial charge in [0, 0.05) is 16.2 Å². The van der Waals surface area contributed by atoms with Crippen molar-refractivity contribution in [3.05, 3.63) is 59.7 Å². The Kier molecular flexibility index (Phi) is 4.03. The Balaban J connectivity index is 2.11. The van der Waals surface area contributed by atoms with Crippen molar-refractivity contribution < 1.29 is 4.68 Å². The van der Waals surface area contributed by atoms with Crippen LogP contribution in [0.5, 0.6) is 0 Å². The van der Waals surface area contributed by atoms with Crippen molar-refractivity contribution in [2.75, 3.05) is 0 Å². The lowest BCUT2D eigenvalue weighted by molar-refractivity contribution is -0.796. The van der Waals surface area contributed by atoms with Crippen LogP contribution in [-0.4, -0.2) is 10.3 Å². The molecular formula is C24H30N3+. The second-order valence-corrected chi connectivity index (χ2v) is 9.78. The Labute approximate surface area is 162 Å². The molecule has 1 aromatic heterocycles. The smallest absolute Gasteiger partial charge is 0.149 e. The Morgan fingerprint density at radius 2 is 1.52 bits per heavy atom. The Morgan fingerprint density at radius 3 is 2.19 bits per heavy atom. The maximum absolute atomic E-state index is 4.82. The minimum atomic E-state index is -0.0781. The first-order chi connectivity index (χ1) is 12.7. The number of aromatic amines is 1. The second-order valence-electron chi connectivity index (χ2n) is 9.78. The van der Waals surface area contributed by atoms with E-state index in [4.69, 9.17) is 5.10 Å². The van der Waals surface area contributed by atoms with Gasteiger partial charge >= 0.3 is 0 Å². The van der Waals surface area contributed by atoms with E-state index in [1.54, 1.807) is 0 Å². The Hall–Kier alpha value is -2.42. The van der Waals surface area contributed by atoms with E-state index in [2.05, 4.69) is 100.0 Å². The minimum Gasteiger partial charge on any atom is -0.149 e. The molecule has 3 aromatic rings. The first-order valence-electron chi connectivity index (χ1n) is 9.86. The van der Waals surface area contributed by atoms with Crippen molar-refractivity contribution in [2.45, 2.75) is 59.4 Å². The molecule has 3 heteroatoms. The first-order valence-corrected chi connectivity index (χ1v) is 9.86. The average molecular weight is 361 g/mol. The van der Waals surface area contributed by atoms with E-state index >= 15 is 0 Å². The number of hydrogen-bond donors (Lipinski definition) is 1. The highest BCUT2D eigenvalue weighted by atomic mass is 15.5. The van der Waals surface area contributed by atoms with Crippen LogP contribution in [-0.2, 0) is 12.0 Å². The first kappa shape index (κ1) is 18.0. The lowest BCUT2D eigenvalue weighted by atomic mass is 9.70. The SMILES string of the molecule is CC(C)(C)C1Cc2ccccc2-c2c(n[nH][n+]2C(C)(C)C)-c2ccccc21. The van der Waals surface area contributed by atoms with Crippen LogP contribution in [0.15, 0.2) is 48.5 Å². The summed E-state index contributed by atoms with van der Waals surface area (Å²) in [7, 11) is 0. The third-order valence-corrected chi connectivity index (χ3v) is 5.71. The van der Waals surface area contributed by atoms with Gasteiger partial charge in [0.1, 0.15) is 5.54 Å². The number of nitrogens with zero attached hydrogens (tertiary/aromatic N) is 2. The number of nitrogens with one attached hydrogen (secondary N) is 1. The van der Waals surface area contributed by atoms with Gasteiger partial charge in [0.25, 0.3) is 5.69 Å². The Bertz CT molecular complexity index is 983. The zero-order valence-electron chi connectivity index (χ0n) is 17.3. The van der Waals surface area contributed by atoms with Crippen molar-refractivity contribution in [1.82, 2.24) is 10.3 Å². The van der Waals surface area contributed by atoms with Gasteiger partial charge in [-0.1, -0.05) is 68.4 Å². The molecule has 1 N–H and O–H groups in total. The van der Waals surface area contributed by atoms with E-state index in [-0.39, 0.29) is 11.0 Å². The molecule has 1 atom stereocenters. The summed E-state index contributed by atoms with van der Waals surface area (Å²) in [4.78, 5) is 0. The van der Waals surface area contributed by atoms with E-state index < -0.39 is 0 Å². The average Bonchev–Trinajstić information content (AvgIpc) is 3.02. The summed E-state index contributed by atoms with van der Waals surface area (Å²) >= 11 is 0. The number of benzene rings is 2. The number of hydrogen-bond acceptors (Lipinski definition) is 1. The standard InChI is InChI=1S/C24H29N3/c1-23(2,3)20-15-16-11-7-8-12-17(16)22-21(19-14-10-9-13-18(19)20)25-26-27(22)24(4,5)6/h7-14,20H,15H2,1-6H3/p+1. The predicted octanol–water partition coefficient (Wildman–Crippen LogP) is 5.47. The molecule has 0 aliphatic heterocycles.